The Bertz CT molecular complexity index is 815. The van der Waals surface area contributed by atoms with Crippen molar-refractivity contribution < 1.29 is 9.53 Å². The molecule has 1 aliphatic heterocycles. The molecule has 2 aromatic rings. The Morgan fingerprint density at radius 3 is 2.96 bits per heavy atom. The fourth-order valence-electron chi connectivity index (χ4n) is 2.26. The number of carbonyl (C=O) groups excluding carboxylic acids is 1. The van der Waals surface area contributed by atoms with E-state index in [-0.39, 0.29) is 11.1 Å². The summed E-state index contributed by atoms with van der Waals surface area (Å²) < 4.78 is 5.85. The lowest BCUT2D eigenvalue weighted by molar-refractivity contribution is -0.113. The van der Waals surface area contributed by atoms with Crippen LogP contribution in [0.4, 0.5) is 0 Å². The van der Waals surface area contributed by atoms with E-state index in [9.17, 15) is 4.79 Å². The molecule has 0 saturated carbocycles. The number of rotatable bonds is 5. The maximum atomic E-state index is 11.7. The number of amides is 1. The first kappa shape index (κ1) is 15.6. The fourth-order valence-corrected chi connectivity index (χ4v) is 2.94. The van der Waals surface area contributed by atoms with Gasteiger partial charge in [0.25, 0.3) is 5.91 Å². The molecule has 0 radical (unpaired) electrons. The summed E-state index contributed by atoms with van der Waals surface area (Å²) in [5.41, 5.74) is 7.33. The summed E-state index contributed by atoms with van der Waals surface area (Å²) in [7, 11) is 0. The Balaban J connectivity index is 1.93. The van der Waals surface area contributed by atoms with E-state index in [2.05, 4.69) is 16.9 Å². The normalized spacial score (nSPS) is 16.1. The largest absolute Gasteiger partial charge is 0.493 e. The van der Waals surface area contributed by atoms with E-state index in [1.54, 1.807) is 12.3 Å². The van der Waals surface area contributed by atoms with Gasteiger partial charge in [-0.05, 0) is 48.0 Å². The Morgan fingerprint density at radius 1 is 1.35 bits per heavy atom. The number of amidine groups is 1. The van der Waals surface area contributed by atoms with Crippen molar-refractivity contribution >= 4 is 39.8 Å². The van der Waals surface area contributed by atoms with Crippen LogP contribution in [0.15, 0.2) is 40.4 Å². The van der Waals surface area contributed by atoms with Crippen molar-refractivity contribution in [2.45, 2.75) is 19.8 Å². The van der Waals surface area contributed by atoms with Crippen LogP contribution < -0.4 is 10.5 Å². The summed E-state index contributed by atoms with van der Waals surface area (Å²) in [6.07, 6.45) is 5.63. The van der Waals surface area contributed by atoms with Gasteiger partial charge in [-0.1, -0.05) is 19.4 Å². The highest BCUT2D eigenvalue weighted by molar-refractivity contribution is 8.18. The van der Waals surface area contributed by atoms with E-state index in [4.69, 9.17) is 10.5 Å². The molecule has 0 unspecified atom stereocenters. The highest BCUT2D eigenvalue weighted by Gasteiger charge is 2.19. The van der Waals surface area contributed by atoms with Gasteiger partial charge in [-0.3, -0.25) is 9.78 Å². The van der Waals surface area contributed by atoms with Gasteiger partial charge in [0, 0.05) is 11.6 Å². The predicted molar refractivity (Wildman–Crippen MR) is 94.3 cm³/mol. The van der Waals surface area contributed by atoms with Crippen molar-refractivity contribution in [3.63, 3.8) is 0 Å². The number of hydrogen-bond donors (Lipinski definition) is 1. The number of nitrogens with zero attached hydrogens (tertiary/aromatic N) is 2. The zero-order chi connectivity index (χ0) is 16.2. The number of aliphatic imine (C=N–C) groups is 1. The summed E-state index contributed by atoms with van der Waals surface area (Å²) in [5.74, 6) is 0.517. The Labute approximate surface area is 138 Å². The number of thioether (sulfide) groups is 1. The van der Waals surface area contributed by atoms with Gasteiger partial charge < -0.3 is 10.5 Å². The summed E-state index contributed by atoms with van der Waals surface area (Å²) in [4.78, 5) is 20.3. The summed E-state index contributed by atoms with van der Waals surface area (Å²) in [6, 6.07) is 7.67. The molecule has 1 aromatic carbocycles. The molecule has 0 spiro atoms. The quantitative estimate of drug-likeness (QED) is 0.673. The summed E-state index contributed by atoms with van der Waals surface area (Å²) in [6.45, 7) is 2.81. The number of ether oxygens (including phenoxy) is 1. The third kappa shape index (κ3) is 3.53. The van der Waals surface area contributed by atoms with Gasteiger partial charge in [-0.2, -0.15) is 4.99 Å². The highest BCUT2D eigenvalue weighted by Crippen LogP contribution is 2.29. The molecule has 1 aromatic heterocycles. The van der Waals surface area contributed by atoms with Gasteiger partial charge in [-0.15, -0.1) is 0 Å². The second-order valence-corrected chi connectivity index (χ2v) is 6.22. The highest BCUT2D eigenvalue weighted by atomic mass is 32.2. The third-order valence-corrected chi connectivity index (χ3v) is 4.23. The van der Waals surface area contributed by atoms with Crippen LogP contribution in [0, 0.1) is 0 Å². The molecule has 0 bridgehead atoms. The molecule has 6 heteroatoms. The third-order valence-electron chi connectivity index (χ3n) is 3.42. The van der Waals surface area contributed by atoms with E-state index >= 15 is 0 Å². The van der Waals surface area contributed by atoms with Crippen molar-refractivity contribution in [3.05, 3.63) is 40.9 Å². The van der Waals surface area contributed by atoms with E-state index in [0.29, 0.717) is 11.5 Å². The number of unbranched alkanes of at least 4 members (excludes halogenated alkanes) is 1. The molecular weight excluding hydrogens is 310 g/mol. The smallest absolute Gasteiger partial charge is 0.286 e. The number of carbonyl (C=O) groups is 1. The standard InChI is InChI=1S/C17H17N3O2S/c1-2-3-8-22-14-6-7-19-13-5-4-11(9-12(13)14)10-15-16(21)20-17(18)23-15/h4-7,9-10H,2-3,8H2,1H3,(H2,18,20,21). The lowest BCUT2D eigenvalue weighted by atomic mass is 10.1. The van der Waals surface area contributed by atoms with Crippen molar-refractivity contribution in [2.75, 3.05) is 6.61 Å². The molecule has 1 amide bonds. The number of nitrogens with two attached hydrogens (primary N) is 1. The van der Waals surface area contributed by atoms with Crippen molar-refractivity contribution in [1.82, 2.24) is 4.98 Å². The van der Waals surface area contributed by atoms with Gasteiger partial charge >= 0.3 is 0 Å². The van der Waals surface area contributed by atoms with Crippen molar-refractivity contribution in [2.24, 2.45) is 10.7 Å². The lowest BCUT2D eigenvalue weighted by Gasteiger charge is -2.09. The van der Waals surface area contributed by atoms with Crippen LogP contribution in [-0.4, -0.2) is 22.7 Å². The minimum atomic E-state index is -0.293. The number of fused-ring (bicyclic) bond motifs is 1. The van der Waals surface area contributed by atoms with Crippen LogP contribution in [0.2, 0.25) is 0 Å². The van der Waals surface area contributed by atoms with Crippen LogP contribution >= 0.6 is 11.8 Å². The molecule has 118 valence electrons. The average molecular weight is 327 g/mol. The maximum Gasteiger partial charge on any atom is 0.286 e. The molecule has 1 aliphatic rings. The second kappa shape index (κ2) is 6.83. The molecule has 3 rings (SSSR count). The molecule has 2 N–H and O–H groups in total. The Kier molecular flexibility index (Phi) is 4.62. The first-order valence-electron chi connectivity index (χ1n) is 7.47. The number of pyridine rings is 1. The van der Waals surface area contributed by atoms with E-state index < -0.39 is 0 Å². The predicted octanol–water partition coefficient (Wildman–Crippen LogP) is 3.34. The van der Waals surface area contributed by atoms with Crippen LogP contribution in [0.1, 0.15) is 25.3 Å². The SMILES string of the molecule is CCCCOc1ccnc2ccc(C=C3SC(N)=NC3=O)cc12. The summed E-state index contributed by atoms with van der Waals surface area (Å²) in [5, 5.41) is 1.22. The zero-order valence-electron chi connectivity index (χ0n) is 12.8. The molecule has 5 nitrogen and oxygen atoms in total. The molecule has 0 atom stereocenters. The van der Waals surface area contributed by atoms with Gasteiger partial charge in [0.2, 0.25) is 0 Å². The van der Waals surface area contributed by atoms with Gasteiger partial charge in [0.15, 0.2) is 5.17 Å². The molecule has 0 saturated heterocycles. The molecule has 0 aliphatic carbocycles. The Morgan fingerprint density at radius 2 is 2.22 bits per heavy atom. The minimum absolute atomic E-state index is 0.285. The summed E-state index contributed by atoms with van der Waals surface area (Å²) >= 11 is 1.19. The lowest BCUT2D eigenvalue weighted by Crippen LogP contribution is -2.01. The van der Waals surface area contributed by atoms with Crippen LogP contribution in [-0.2, 0) is 4.79 Å². The maximum absolute atomic E-state index is 11.7. The fraction of sp³-hybridized carbons (Fsp3) is 0.235. The molecular formula is C17H17N3O2S. The van der Waals surface area contributed by atoms with Gasteiger partial charge in [0.1, 0.15) is 5.75 Å². The first-order valence-corrected chi connectivity index (χ1v) is 8.28. The average Bonchev–Trinajstić information content (AvgIpc) is 2.85. The van der Waals surface area contributed by atoms with Crippen molar-refractivity contribution in [1.29, 1.82) is 0 Å². The van der Waals surface area contributed by atoms with E-state index in [1.807, 2.05) is 24.3 Å². The topological polar surface area (TPSA) is 77.6 Å². The molecule has 2 heterocycles. The Hall–Kier alpha value is -2.34. The number of aromatic nitrogens is 1. The van der Waals surface area contributed by atoms with Gasteiger partial charge in [-0.25, -0.2) is 0 Å². The van der Waals surface area contributed by atoms with Crippen LogP contribution in [0.25, 0.3) is 17.0 Å². The second-order valence-electron chi connectivity index (χ2n) is 5.15. The van der Waals surface area contributed by atoms with E-state index in [1.165, 1.54) is 11.8 Å². The monoisotopic (exact) mass is 327 g/mol. The number of benzene rings is 1. The molecule has 0 fully saturated rings. The van der Waals surface area contributed by atoms with Crippen LogP contribution in [0.3, 0.4) is 0 Å². The number of hydrogen-bond acceptors (Lipinski definition) is 5. The van der Waals surface area contributed by atoms with Crippen molar-refractivity contribution in [3.8, 4) is 5.75 Å². The minimum Gasteiger partial charge on any atom is -0.493 e. The molecule has 23 heavy (non-hydrogen) atoms. The van der Waals surface area contributed by atoms with E-state index in [0.717, 1.165) is 35.1 Å². The zero-order valence-corrected chi connectivity index (χ0v) is 13.6. The first-order chi connectivity index (χ1) is 11.2. The van der Waals surface area contributed by atoms with Gasteiger partial charge in [0.05, 0.1) is 17.0 Å². The van der Waals surface area contributed by atoms with Crippen LogP contribution in [0.5, 0.6) is 5.75 Å².